The minimum absolute atomic E-state index is 0.0918. The van der Waals surface area contributed by atoms with Crippen molar-refractivity contribution in [3.8, 4) is 0 Å². The van der Waals surface area contributed by atoms with Gasteiger partial charge in [-0.25, -0.2) is 17.5 Å². The van der Waals surface area contributed by atoms with Crippen LogP contribution in [0.3, 0.4) is 0 Å². The molecular weight excluding hydrogens is 348 g/mol. The van der Waals surface area contributed by atoms with Gasteiger partial charge in [0.2, 0.25) is 9.84 Å². The van der Waals surface area contributed by atoms with E-state index in [-0.39, 0.29) is 47.6 Å². The standard InChI is InChI=1S/C17H21F2N3O2S/c1-17(5-3-2-4-6-17)14-9-13(19)15-20-16(21-22(14)15)25(23,24)12-7-11(8-12)10-18/h2-5,11-14H,6-10H2,1H3/t11?,12?,13-,14-,17?/m0/s1. The summed E-state index contributed by atoms with van der Waals surface area (Å²) in [6, 6.07) is -0.268. The van der Waals surface area contributed by atoms with Crippen LogP contribution in [-0.4, -0.2) is 35.1 Å². The Hall–Kier alpha value is -1.57. The summed E-state index contributed by atoms with van der Waals surface area (Å²) in [5, 5.41) is 3.23. The summed E-state index contributed by atoms with van der Waals surface area (Å²) in [5.41, 5.74) is -0.325. The van der Waals surface area contributed by atoms with Crippen LogP contribution in [0.5, 0.6) is 0 Å². The van der Waals surface area contributed by atoms with Crippen LogP contribution in [-0.2, 0) is 9.84 Å². The molecule has 136 valence electrons. The molecule has 1 saturated carbocycles. The molecule has 8 heteroatoms. The average molecular weight is 369 g/mol. The lowest BCUT2D eigenvalue weighted by atomic mass is 9.76. The van der Waals surface area contributed by atoms with Crippen LogP contribution in [0.1, 0.15) is 50.6 Å². The zero-order chi connectivity index (χ0) is 17.8. The summed E-state index contributed by atoms with van der Waals surface area (Å²) >= 11 is 0. The van der Waals surface area contributed by atoms with E-state index in [9.17, 15) is 17.2 Å². The van der Waals surface area contributed by atoms with Crippen molar-refractivity contribution in [2.45, 2.75) is 55.2 Å². The molecule has 0 N–H and O–H groups in total. The van der Waals surface area contributed by atoms with E-state index in [0.29, 0.717) is 0 Å². The van der Waals surface area contributed by atoms with Crippen LogP contribution in [0, 0.1) is 11.3 Å². The Labute approximate surface area is 145 Å². The van der Waals surface area contributed by atoms with Crippen molar-refractivity contribution in [3.05, 3.63) is 30.1 Å². The monoisotopic (exact) mass is 369 g/mol. The van der Waals surface area contributed by atoms with Crippen molar-refractivity contribution in [2.24, 2.45) is 11.3 Å². The lowest BCUT2D eigenvalue weighted by Crippen LogP contribution is -2.37. The maximum Gasteiger partial charge on any atom is 0.267 e. The minimum atomic E-state index is -3.73. The highest BCUT2D eigenvalue weighted by Crippen LogP contribution is 2.49. The Kier molecular flexibility index (Phi) is 3.86. The molecular formula is C17H21F2N3O2S. The number of hydrogen-bond acceptors (Lipinski definition) is 4. The number of hydrogen-bond donors (Lipinski definition) is 0. The summed E-state index contributed by atoms with van der Waals surface area (Å²) in [6.07, 6.45) is 8.15. The van der Waals surface area contributed by atoms with Crippen LogP contribution in [0.2, 0.25) is 0 Å². The molecule has 25 heavy (non-hydrogen) atoms. The normalized spacial score (nSPS) is 37.1. The number of halogens is 2. The first kappa shape index (κ1) is 16.9. The zero-order valence-electron chi connectivity index (χ0n) is 14.0. The van der Waals surface area contributed by atoms with Gasteiger partial charge in [0.25, 0.3) is 5.16 Å². The molecule has 1 unspecified atom stereocenters. The smallest absolute Gasteiger partial charge is 0.251 e. The predicted molar refractivity (Wildman–Crippen MR) is 88.2 cm³/mol. The van der Waals surface area contributed by atoms with Crippen molar-refractivity contribution < 1.29 is 17.2 Å². The van der Waals surface area contributed by atoms with E-state index in [4.69, 9.17) is 0 Å². The van der Waals surface area contributed by atoms with E-state index in [2.05, 4.69) is 10.1 Å². The quantitative estimate of drug-likeness (QED) is 0.817. The molecule has 0 spiro atoms. The molecule has 3 aliphatic rings. The van der Waals surface area contributed by atoms with Gasteiger partial charge in [-0.3, -0.25) is 4.39 Å². The topological polar surface area (TPSA) is 64.8 Å². The molecule has 1 aromatic heterocycles. The fourth-order valence-electron chi connectivity index (χ4n) is 4.02. The number of alkyl halides is 2. The summed E-state index contributed by atoms with van der Waals surface area (Å²) in [6.45, 7) is 1.51. The molecule has 1 aliphatic heterocycles. The molecule has 1 fully saturated rings. The number of rotatable bonds is 4. The predicted octanol–water partition coefficient (Wildman–Crippen LogP) is 3.28. The highest BCUT2D eigenvalue weighted by molar-refractivity contribution is 7.91. The van der Waals surface area contributed by atoms with Gasteiger partial charge < -0.3 is 0 Å². The van der Waals surface area contributed by atoms with E-state index in [1.807, 2.05) is 31.2 Å². The molecule has 0 amide bonds. The van der Waals surface area contributed by atoms with Gasteiger partial charge in [0, 0.05) is 11.8 Å². The summed E-state index contributed by atoms with van der Waals surface area (Å²) < 4.78 is 53.8. The van der Waals surface area contributed by atoms with Crippen LogP contribution in [0.4, 0.5) is 8.78 Å². The molecule has 0 bridgehead atoms. The van der Waals surface area contributed by atoms with E-state index in [1.165, 1.54) is 4.68 Å². The third-order valence-electron chi connectivity index (χ3n) is 5.79. The third kappa shape index (κ3) is 2.56. The Morgan fingerprint density at radius 2 is 2.08 bits per heavy atom. The van der Waals surface area contributed by atoms with Gasteiger partial charge in [-0.15, -0.1) is 5.10 Å². The third-order valence-corrected chi connectivity index (χ3v) is 7.74. The van der Waals surface area contributed by atoms with Crippen LogP contribution in [0.15, 0.2) is 29.5 Å². The Balaban J connectivity index is 1.65. The molecule has 3 atom stereocenters. The molecule has 5 nitrogen and oxygen atoms in total. The average Bonchev–Trinajstić information content (AvgIpc) is 3.08. The fraction of sp³-hybridized carbons (Fsp3) is 0.647. The molecule has 0 saturated heterocycles. The van der Waals surface area contributed by atoms with Crippen molar-refractivity contribution in [1.82, 2.24) is 14.8 Å². The molecule has 0 aromatic carbocycles. The summed E-state index contributed by atoms with van der Waals surface area (Å²) in [4.78, 5) is 4.03. The first-order valence-corrected chi connectivity index (χ1v) is 10.1. The lowest BCUT2D eigenvalue weighted by molar-refractivity contribution is 0.216. The first-order chi connectivity index (χ1) is 11.8. The summed E-state index contributed by atoms with van der Waals surface area (Å²) in [7, 11) is -3.73. The van der Waals surface area contributed by atoms with Crippen molar-refractivity contribution >= 4 is 9.84 Å². The molecule has 1 aromatic rings. The van der Waals surface area contributed by atoms with E-state index < -0.39 is 27.9 Å². The second-order valence-electron chi connectivity index (χ2n) is 7.57. The van der Waals surface area contributed by atoms with Crippen LogP contribution in [0.25, 0.3) is 0 Å². The SMILES string of the molecule is CC1([C@@H]2C[C@H](F)c3nc(S(=O)(=O)C4CC(CF)C4)nn32)C=CC=CC1. The van der Waals surface area contributed by atoms with Gasteiger partial charge in [0.05, 0.1) is 18.0 Å². The number of aromatic nitrogens is 3. The van der Waals surface area contributed by atoms with Gasteiger partial charge in [-0.2, -0.15) is 4.98 Å². The van der Waals surface area contributed by atoms with Gasteiger partial charge >= 0.3 is 0 Å². The number of nitrogens with zero attached hydrogens (tertiary/aromatic N) is 3. The number of allylic oxidation sites excluding steroid dienone is 4. The van der Waals surface area contributed by atoms with E-state index in [0.717, 1.165) is 6.42 Å². The molecule has 2 heterocycles. The largest absolute Gasteiger partial charge is 0.267 e. The second kappa shape index (κ2) is 5.72. The molecule has 0 radical (unpaired) electrons. The Morgan fingerprint density at radius 3 is 2.72 bits per heavy atom. The van der Waals surface area contributed by atoms with Crippen molar-refractivity contribution in [1.29, 1.82) is 0 Å². The van der Waals surface area contributed by atoms with Gasteiger partial charge in [-0.1, -0.05) is 31.2 Å². The number of fused-ring (bicyclic) bond motifs is 1. The zero-order valence-corrected chi connectivity index (χ0v) is 14.8. The molecule has 2 aliphatic carbocycles. The fourth-order valence-corrected chi connectivity index (χ4v) is 5.79. The first-order valence-electron chi connectivity index (χ1n) is 8.60. The van der Waals surface area contributed by atoms with Gasteiger partial charge in [0.15, 0.2) is 12.0 Å². The second-order valence-corrected chi connectivity index (χ2v) is 9.69. The lowest BCUT2D eigenvalue weighted by Gasteiger charge is -2.33. The highest BCUT2D eigenvalue weighted by atomic mass is 32.2. The molecule has 4 rings (SSSR count). The van der Waals surface area contributed by atoms with Crippen LogP contribution >= 0.6 is 0 Å². The van der Waals surface area contributed by atoms with Crippen LogP contribution < -0.4 is 0 Å². The van der Waals surface area contributed by atoms with Gasteiger partial charge in [-0.05, 0) is 25.2 Å². The Bertz CT molecular complexity index is 842. The van der Waals surface area contributed by atoms with E-state index in [1.54, 1.807) is 0 Å². The minimum Gasteiger partial charge on any atom is -0.251 e. The van der Waals surface area contributed by atoms with E-state index >= 15 is 0 Å². The highest BCUT2D eigenvalue weighted by Gasteiger charge is 2.47. The number of sulfone groups is 1. The van der Waals surface area contributed by atoms with Gasteiger partial charge in [0.1, 0.15) is 0 Å². The summed E-state index contributed by atoms with van der Waals surface area (Å²) in [5.74, 6) is -0.108. The van der Waals surface area contributed by atoms with Crippen molar-refractivity contribution in [2.75, 3.05) is 6.67 Å². The maximum absolute atomic E-state index is 14.5. The maximum atomic E-state index is 14.5. The van der Waals surface area contributed by atoms with Crippen molar-refractivity contribution in [3.63, 3.8) is 0 Å². The Morgan fingerprint density at radius 1 is 1.32 bits per heavy atom.